The van der Waals surface area contributed by atoms with Crippen LogP contribution in [-0.2, 0) is 0 Å². The van der Waals surface area contributed by atoms with Crippen molar-refractivity contribution in [3.8, 4) is 0 Å². The lowest BCUT2D eigenvalue weighted by Crippen LogP contribution is -2.31. The zero-order valence-electron chi connectivity index (χ0n) is 16.9. The third-order valence-corrected chi connectivity index (χ3v) is 5.26. The first-order valence-electron chi connectivity index (χ1n) is 9.31. The van der Waals surface area contributed by atoms with E-state index < -0.39 is 23.0 Å². The van der Waals surface area contributed by atoms with Gasteiger partial charge in [-0.25, -0.2) is 13.8 Å². The Morgan fingerprint density at radius 3 is 2.48 bits per heavy atom. The minimum atomic E-state index is -0.972. The van der Waals surface area contributed by atoms with Crippen molar-refractivity contribution in [1.82, 2.24) is 15.2 Å². The lowest BCUT2D eigenvalue weighted by Gasteiger charge is -2.11. The number of nitrogens with one attached hydrogen (secondary N) is 2. The van der Waals surface area contributed by atoms with E-state index in [9.17, 15) is 18.4 Å². The molecule has 3 rings (SSSR count). The molecule has 162 valence electrons. The largest absolute Gasteiger partial charge is 0.382 e. The van der Waals surface area contributed by atoms with Gasteiger partial charge in [0.15, 0.2) is 5.13 Å². The normalized spacial score (nSPS) is 10.9. The van der Waals surface area contributed by atoms with Crippen LogP contribution in [0.1, 0.15) is 25.6 Å². The number of benzene rings is 2. The number of nitrogens with zero attached hydrogens (tertiary/aromatic N) is 2. The molecule has 10 heteroatoms. The Morgan fingerprint density at radius 2 is 1.81 bits per heavy atom. The second-order valence-corrected chi connectivity index (χ2v) is 7.92. The number of ketones is 1. The molecule has 31 heavy (non-hydrogen) atoms. The van der Waals surface area contributed by atoms with Crippen molar-refractivity contribution in [2.24, 2.45) is 0 Å². The molecule has 0 unspecified atom stereocenters. The van der Waals surface area contributed by atoms with Crippen molar-refractivity contribution >= 4 is 39.7 Å². The van der Waals surface area contributed by atoms with Crippen LogP contribution in [0, 0.1) is 11.6 Å². The van der Waals surface area contributed by atoms with Gasteiger partial charge < -0.3 is 21.3 Å². The third kappa shape index (κ3) is 5.41. The van der Waals surface area contributed by atoms with Crippen LogP contribution in [0.25, 0.3) is 0 Å². The summed E-state index contributed by atoms with van der Waals surface area (Å²) < 4.78 is 27.9. The average molecular weight is 445 g/mol. The van der Waals surface area contributed by atoms with E-state index in [4.69, 9.17) is 5.73 Å². The summed E-state index contributed by atoms with van der Waals surface area (Å²) in [7, 11) is 3.83. The van der Waals surface area contributed by atoms with Gasteiger partial charge in [-0.15, -0.1) is 0 Å². The summed E-state index contributed by atoms with van der Waals surface area (Å²) in [6.07, 6.45) is 0. The number of nitrogens with two attached hydrogens (primary N) is 1. The highest BCUT2D eigenvalue weighted by Gasteiger charge is 2.24. The van der Waals surface area contributed by atoms with Crippen molar-refractivity contribution in [2.45, 2.75) is 0 Å². The highest BCUT2D eigenvalue weighted by Crippen LogP contribution is 2.31. The number of amides is 1. The minimum absolute atomic E-state index is 0.0796. The van der Waals surface area contributed by atoms with E-state index in [1.54, 1.807) is 24.3 Å². The monoisotopic (exact) mass is 445 g/mol. The van der Waals surface area contributed by atoms with Crippen LogP contribution in [0.2, 0.25) is 0 Å². The molecule has 1 aromatic heterocycles. The molecule has 0 aliphatic heterocycles. The molecule has 4 N–H and O–H groups in total. The van der Waals surface area contributed by atoms with Crippen LogP contribution >= 0.6 is 11.3 Å². The Kier molecular flexibility index (Phi) is 6.93. The van der Waals surface area contributed by atoms with E-state index in [0.717, 1.165) is 23.5 Å². The van der Waals surface area contributed by atoms with E-state index in [1.807, 2.05) is 19.0 Å². The van der Waals surface area contributed by atoms with Crippen LogP contribution in [-0.4, -0.2) is 48.8 Å². The second-order valence-electron chi connectivity index (χ2n) is 6.92. The predicted octanol–water partition coefficient (Wildman–Crippen LogP) is 3.27. The molecule has 0 radical (unpaired) electrons. The van der Waals surface area contributed by atoms with Gasteiger partial charge in [0.05, 0.1) is 5.56 Å². The molecule has 0 saturated heterocycles. The summed E-state index contributed by atoms with van der Waals surface area (Å²) in [5, 5.41) is 6.04. The highest BCUT2D eigenvalue weighted by molar-refractivity contribution is 7.18. The van der Waals surface area contributed by atoms with Gasteiger partial charge in [-0.1, -0.05) is 23.5 Å². The molecule has 0 atom stereocenters. The topological polar surface area (TPSA) is 100 Å². The molecule has 1 amide bonds. The van der Waals surface area contributed by atoms with Crippen molar-refractivity contribution in [1.29, 1.82) is 0 Å². The zero-order chi connectivity index (χ0) is 22.5. The lowest BCUT2D eigenvalue weighted by atomic mass is 10.1. The maximum atomic E-state index is 14.0. The average Bonchev–Trinajstić information content (AvgIpc) is 3.07. The lowest BCUT2D eigenvalue weighted by molar-refractivity contribution is 0.0950. The predicted molar refractivity (Wildman–Crippen MR) is 117 cm³/mol. The molecule has 0 fully saturated rings. The highest BCUT2D eigenvalue weighted by atomic mass is 32.1. The van der Waals surface area contributed by atoms with Gasteiger partial charge in [0.25, 0.3) is 5.91 Å². The molecule has 2 aromatic carbocycles. The first-order chi connectivity index (χ1) is 14.8. The fourth-order valence-electron chi connectivity index (χ4n) is 2.73. The molecule has 3 aromatic rings. The number of thiazole rings is 1. The summed E-state index contributed by atoms with van der Waals surface area (Å²) >= 11 is 0.870. The number of rotatable bonds is 8. The van der Waals surface area contributed by atoms with Crippen molar-refractivity contribution in [3.05, 3.63) is 70.1 Å². The molecular weight excluding hydrogens is 424 g/mol. The third-order valence-electron chi connectivity index (χ3n) is 4.27. The Bertz CT molecular complexity index is 1100. The van der Waals surface area contributed by atoms with Crippen molar-refractivity contribution in [2.75, 3.05) is 38.2 Å². The fourth-order valence-corrected chi connectivity index (χ4v) is 3.58. The fraction of sp³-hybridized carbons (Fsp3) is 0.190. The number of halogens is 2. The Balaban J connectivity index is 1.76. The summed E-state index contributed by atoms with van der Waals surface area (Å²) in [6.45, 7) is 1.21. The Hall–Kier alpha value is -3.37. The van der Waals surface area contributed by atoms with Gasteiger partial charge in [-0.05, 0) is 44.4 Å². The Morgan fingerprint density at radius 1 is 1.13 bits per heavy atom. The summed E-state index contributed by atoms with van der Waals surface area (Å²) in [5.74, 6) is -3.19. The molecule has 0 saturated carbocycles. The number of carbonyl (C=O) groups excluding carboxylic acids is 2. The van der Waals surface area contributed by atoms with E-state index in [-0.39, 0.29) is 21.7 Å². The number of likely N-dealkylation sites (N-methyl/N-ethyl adjacent to an activating group) is 1. The minimum Gasteiger partial charge on any atom is -0.382 e. The van der Waals surface area contributed by atoms with E-state index in [2.05, 4.69) is 15.6 Å². The number of carbonyl (C=O) groups is 2. The van der Waals surface area contributed by atoms with E-state index in [1.165, 1.54) is 6.07 Å². The number of nitrogen functional groups attached to an aromatic ring is 1. The standard InChI is InChI=1S/C21H21F2N5O2S/c1-28(2)10-9-25-20(30)12-5-3-6-13(11-12)26-21-27-19(24)18(31-21)17(29)16-14(22)7-4-8-15(16)23/h3-8,11H,9-10,24H2,1-2H3,(H,25,30)(H,26,27). The molecule has 0 bridgehead atoms. The first kappa shape index (κ1) is 22.3. The van der Waals surface area contributed by atoms with Gasteiger partial charge in [0.2, 0.25) is 5.78 Å². The quantitative estimate of drug-likeness (QED) is 0.460. The molecule has 7 nitrogen and oxygen atoms in total. The van der Waals surface area contributed by atoms with Gasteiger partial charge >= 0.3 is 0 Å². The molecule has 0 spiro atoms. The SMILES string of the molecule is CN(C)CCNC(=O)c1cccc(Nc2nc(N)c(C(=O)c3c(F)cccc3F)s2)c1. The summed E-state index contributed by atoms with van der Waals surface area (Å²) in [6, 6.07) is 9.88. The number of hydrogen-bond donors (Lipinski definition) is 3. The molecule has 1 heterocycles. The number of anilines is 3. The number of aromatic nitrogens is 1. The first-order valence-corrected chi connectivity index (χ1v) is 10.1. The van der Waals surface area contributed by atoms with Gasteiger partial charge in [-0.2, -0.15) is 0 Å². The zero-order valence-corrected chi connectivity index (χ0v) is 17.7. The maximum absolute atomic E-state index is 14.0. The van der Waals surface area contributed by atoms with Crippen LogP contribution in [0.3, 0.4) is 0 Å². The van der Waals surface area contributed by atoms with Crippen LogP contribution < -0.4 is 16.4 Å². The Labute approximate surface area is 181 Å². The maximum Gasteiger partial charge on any atom is 0.251 e. The summed E-state index contributed by atoms with van der Waals surface area (Å²) in [4.78, 5) is 30.8. The van der Waals surface area contributed by atoms with Gasteiger partial charge in [0.1, 0.15) is 22.3 Å². The molecular formula is C21H21F2N5O2S. The van der Waals surface area contributed by atoms with Gasteiger partial charge in [0, 0.05) is 24.3 Å². The second kappa shape index (κ2) is 9.63. The molecule has 0 aliphatic rings. The smallest absolute Gasteiger partial charge is 0.251 e. The van der Waals surface area contributed by atoms with Crippen LogP contribution in [0.4, 0.5) is 25.4 Å². The van der Waals surface area contributed by atoms with Crippen molar-refractivity contribution < 1.29 is 18.4 Å². The van der Waals surface area contributed by atoms with E-state index in [0.29, 0.717) is 24.3 Å². The molecule has 0 aliphatic carbocycles. The van der Waals surface area contributed by atoms with Gasteiger partial charge in [-0.3, -0.25) is 9.59 Å². The van der Waals surface area contributed by atoms with Crippen LogP contribution in [0.15, 0.2) is 42.5 Å². The summed E-state index contributed by atoms with van der Waals surface area (Å²) in [5.41, 5.74) is 6.13. The van der Waals surface area contributed by atoms with Crippen molar-refractivity contribution in [3.63, 3.8) is 0 Å². The number of hydrogen-bond acceptors (Lipinski definition) is 7. The van der Waals surface area contributed by atoms with Crippen LogP contribution in [0.5, 0.6) is 0 Å². The van der Waals surface area contributed by atoms with E-state index >= 15 is 0 Å².